The lowest BCUT2D eigenvalue weighted by Crippen LogP contribution is -2.55. The average molecular weight is 485 g/mol. The monoisotopic (exact) mass is 484 g/mol. The van der Waals surface area contributed by atoms with Crippen LogP contribution in [0.4, 0.5) is 0 Å². The molecule has 0 unspecified atom stereocenters. The molecular formula is C27H28N6O3. The van der Waals surface area contributed by atoms with Gasteiger partial charge < -0.3 is 14.7 Å². The van der Waals surface area contributed by atoms with Gasteiger partial charge in [0.15, 0.2) is 0 Å². The van der Waals surface area contributed by atoms with Crippen molar-refractivity contribution in [1.82, 2.24) is 29.9 Å². The van der Waals surface area contributed by atoms with Crippen molar-refractivity contribution in [3.8, 4) is 28.3 Å². The zero-order chi connectivity index (χ0) is 24.4. The van der Waals surface area contributed by atoms with Crippen molar-refractivity contribution in [1.29, 1.82) is 0 Å². The summed E-state index contributed by atoms with van der Waals surface area (Å²) in [6, 6.07) is 8.56. The Kier molecular flexibility index (Phi) is 4.89. The number of ether oxygens (including phenoxy) is 1. The Hall–Kier alpha value is -3.72. The number of aliphatic hydroxyl groups is 1. The number of nitrogens with one attached hydrogen (secondary N) is 1. The fourth-order valence-electron chi connectivity index (χ4n) is 5.83. The predicted octanol–water partition coefficient (Wildman–Crippen LogP) is 3.14. The van der Waals surface area contributed by atoms with Crippen LogP contribution in [0.25, 0.3) is 33.5 Å². The highest BCUT2D eigenvalue weighted by molar-refractivity contribution is 5.93. The number of aliphatic hydroxyl groups excluding tert-OH is 1. The minimum atomic E-state index is -0.315. The predicted molar refractivity (Wildman–Crippen MR) is 133 cm³/mol. The summed E-state index contributed by atoms with van der Waals surface area (Å²) in [4.78, 5) is 19.4. The number of aryl methyl sites for hydroxylation is 1. The zero-order valence-electron chi connectivity index (χ0n) is 20.1. The number of H-pyrrole nitrogens is 1. The number of methoxy groups -OCH3 is 1. The highest BCUT2D eigenvalue weighted by Gasteiger charge is 2.41. The number of rotatable bonds is 5. The summed E-state index contributed by atoms with van der Waals surface area (Å²) < 4.78 is 7.65. The van der Waals surface area contributed by atoms with Crippen LogP contribution in [0.15, 0.2) is 36.7 Å². The van der Waals surface area contributed by atoms with Crippen LogP contribution in [0, 0.1) is 5.92 Å². The molecule has 1 aliphatic heterocycles. The van der Waals surface area contributed by atoms with Crippen LogP contribution in [0.3, 0.4) is 0 Å². The topological polar surface area (TPSA) is 109 Å². The van der Waals surface area contributed by atoms with Gasteiger partial charge in [-0.15, -0.1) is 0 Å². The van der Waals surface area contributed by atoms with Crippen LogP contribution in [0.2, 0.25) is 0 Å². The molecule has 0 bridgehead atoms. The number of carbonyl (C=O) groups excluding carboxylic acids is 1. The summed E-state index contributed by atoms with van der Waals surface area (Å²) in [7, 11) is 1.68. The normalized spacial score (nSPS) is 21.3. The van der Waals surface area contributed by atoms with E-state index in [0.717, 1.165) is 52.1 Å². The van der Waals surface area contributed by atoms with Crippen molar-refractivity contribution >= 4 is 16.9 Å². The van der Waals surface area contributed by atoms with E-state index in [4.69, 9.17) is 9.72 Å². The van der Waals surface area contributed by atoms with Gasteiger partial charge in [-0.05, 0) is 43.2 Å². The minimum Gasteiger partial charge on any atom is -0.494 e. The van der Waals surface area contributed by atoms with Crippen molar-refractivity contribution in [3.05, 3.63) is 47.8 Å². The van der Waals surface area contributed by atoms with Crippen LogP contribution in [0.5, 0.6) is 5.75 Å². The molecule has 2 N–H and O–H groups in total. The standard InChI is InChI=1S/C27H28N6O3/c1-36-23-10-22-26(29-25(23)21-7-3-5-15-4-2-6-20(15)21)24(31-30-22)17-11-28-33(12-17)18-13-32(14-18)27(35)16-8-19(34)9-16/h3,5,7,10-12,16,18-19,34H,2,4,6,8-9,13-14H2,1H3,(H,30,31)/t16-,19+. The maximum absolute atomic E-state index is 12.5. The van der Waals surface area contributed by atoms with Gasteiger partial charge in [0, 0.05) is 42.4 Å². The smallest absolute Gasteiger partial charge is 0.226 e. The Morgan fingerprint density at radius 1 is 1.19 bits per heavy atom. The van der Waals surface area contributed by atoms with Crippen molar-refractivity contribution in [2.45, 2.75) is 44.2 Å². The van der Waals surface area contributed by atoms with Crippen molar-refractivity contribution < 1.29 is 14.6 Å². The lowest BCUT2D eigenvalue weighted by atomic mass is 9.81. The van der Waals surface area contributed by atoms with Gasteiger partial charge in [-0.1, -0.05) is 18.2 Å². The molecule has 1 saturated heterocycles. The van der Waals surface area contributed by atoms with Crippen LogP contribution in [-0.2, 0) is 17.6 Å². The summed E-state index contributed by atoms with van der Waals surface area (Å²) >= 11 is 0. The summed E-state index contributed by atoms with van der Waals surface area (Å²) in [5, 5.41) is 21.7. The van der Waals surface area contributed by atoms with Gasteiger partial charge in [-0.3, -0.25) is 14.6 Å². The summed E-state index contributed by atoms with van der Waals surface area (Å²) in [6.07, 6.45) is 7.99. The van der Waals surface area contributed by atoms with Crippen molar-refractivity contribution in [3.63, 3.8) is 0 Å². The second-order valence-electron chi connectivity index (χ2n) is 10.2. The third-order valence-electron chi connectivity index (χ3n) is 8.01. The van der Waals surface area contributed by atoms with E-state index < -0.39 is 0 Å². The molecule has 9 nitrogen and oxygen atoms in total. The Labute approximate surface area is 208 Å². The number of pyridine rings is 1. The Morgan fingerprint density at radius 3 is 2.86 bits per heavy atom. The first-order valence-electron chi connectivity index (χ1n) is 12.6. The number of nitrogens with zero attached hydrogens (tertiary/aromatic N) is 5. The zero-order valence-corrected chi connectivity index (χ0v) is 20.1. The molecule has 36 heavy (non-hydrogen) atoms. The maximum atomic E-state index is 12.5. The number of amides is 1. The SMILES string of the molecule is COc1cc2[nH]nc(-c3cnn(C4CN(C(=O)[C@H]5C[C@@H](O)C5)C4)c3)c2nc1-c1cccc2c1CCC2. The number of hydrogen-bond donors (Lipinski definition) is 2. The van der Waals surface area contributed by atoms with E-state index in [9.17, 15) is 9.90 Å². The molecule has 4 heterocycles. The molecule has 3 aromatic heterocycles. The molecule has 3 aliphatic rings. The fraction of sp³-hybridized carbons (Fsp3) is 0.407. The molecule has 0 radical (unpaired) electrons. The van der Waals surface area contributed by atoms with Gasteiger partial charge in [0.1, 0.15) is 22.7 Å². The van der Waals surface area contributed by atoms with Crippen LogP contribution >= 0.6 is 0 Å². The molecule has 2 aliphatic carbocycles. The van der Waals surface area contributed by atoms with E-state index in [1.165, 1.54) is 17.5 Å². The van der Waals surface area contributed by atoms with E-state index in [1.54, 1.807) is 7.11 Å². The lowest BCUT2D eigenvalue weighted by Gasteiger charge is -2.43. The number of aromatic amines is 1. The first-order valence-corrected chi connectivity index (χ1v) is 12.6. The largest absolute Gasteiger partial charge is 0.494 e. The van der Waals surface area contributed by atoms with Gasteiger partial charge in [-0.25, -0.2) is 4.98 Å². The van der Waals surface area contributed by atoms with Crippen LogP contribution < -0.4 is 4.74 Å². The second kappa shape index (κ2) is 8.16. The number of benzene rings is 1. The van der Waals surface area contributed by atoms with Gasteiger partial charge in [0.25, 0.3) is 0 Å². The third-order valence-corrected chi connectivity index (χ3v) is 8.01. The van der Waals surface area contributed by atoms with Crippen LogP contribution in [0.1, 0.15) is 36.4 Å². The first kappa shape index (κ1) is 21.6. The number of likely N-dealkylation sites (tertiary alicyclic amines) is 1. The minimum absolute atomic E-state index is 0.0207. The van der Waals surface area contributed by atoms with Gasteiger partial charge in [-0.2, -0.15) is 10.2 Å². The third kappa shape index (κ3) is 3.33. The van der Waals surface area contributed by atoms with E-state index in [0.29, 0.717) is 25.9 Å². The van der Waals surface area contributed by atoms with E-state index in [-0.39, 0.29) is 24.0 Å². The van der Waals surface area contributed by atoms with Crippen molar-refractivity contribution in [2.75, 3.05) is 20.2 Å². The number of fused-ring (bicyclic) bond motifs is 2. The molecule has 184 valence electrons. The summed E-state index contributed by atoms with van der Waals surface area (Å²) in [5.74, 6) is 0.861. The molecule has 4 aromatic rings. The second-order valence-corrected chi connectivity index (χ2v) is 10.2. The summed E-state index contributed by atoms with van der Waals surface area (Å²) in [5.41, 5.74) is 7.97. The molecule has 0 atom stereocenters. The molecule has 1 aromatic carbocycles. The van der Waals surface area contributed by atoms with Gasteiger partial charge in [0.2, 0.25) is 5.91 Å². The number of carbonyl (C=O) groups is 1. The molecular weight excluding hydrogens is 456 g/mol. The Bertz CT molecular complexity index is 1480. The van der Waals surface area contributed by atoms with Crippen molar-refractivity contribution in [2.24, 2.45) is 5.92 Å². The average Bonchev–Trinajstić information content (AvgIpc) is 3.59. The Morgan fingerprint density at radius 2 is 2.06 bits per heavy atom. The molecule has 9 heteroatoms. The van der Waals surface area contributed by atoms with E-state index in [2.05, 4.69) is 33.5 Å². The highest BCUT2D eigenvalue weighted by Crippen LogP contribution is 2.39. The molecule has 2 fully saturated rings. The molecule has 1 saturated carbocycles. The van der Waals surface area contributed by atoms with E-state index >= 15 is 0 Å². The molecule has 7 rings (SSSR count). The molecule has 0 spiro atoms. The first-order chi connectivity index (χ1) is 17.6. The van der Waals surface area contributed by atoms with Crippen LogP contribution in [-0.4, -0.2) is 67.2 Å². The maximum Gasteiger partial charge on any atom is 0.226 e. The molecule has 1 amide bonds. The Balaban J connectivity index is 1.17. The fourth-order valence-corrected chi connectivity index (χ4v) is 5.83. The summed E-state index contributed by atoms with van der Waals surface area (Å²) in [6.45, 7) is 1.29. The van der Waals surface area contributed by atoms with Gasteiger partial charge in [0.05, 0.1) is 31.0 Å². The van der Waals surface area contributed by atoms with Gasteiger partial charge >= 0.3 is 0 Å². The number of hydrogen-bond acceptors (Lipinski definition) is 6. The van der Waals surface area contributed by atoms with E-state index in [1.807, 2.05) is 28.0 Å². The highest BCUT2D eigenvalue weighted by atomic mass is 16.5. The quantitative estimate of drug-likeness (QED) is 0.451. The lowest BCUT2D eigenvalue weighted by molar-refractivity contribution is -0.148. The number of aromatic nitrogens is 5.